The van der Waals surface area contributed by atoms with Crippen LogP contribution in [0.1, 0.15) is 32.3 Å². The Morgan fingerprint density at radius 3 is 2.70 bits per heavy atom. The van der Waals surface area contributed by atoms with Crippen LogP contribution in [0.25, 0.3) is 10.9 Å². The standard InChI is InChI=1S/C17H23N3/c1-13(2)18-12-14-11-17(20-9-5-6-10-20)19-16-8-4-3-7-15(14)16/h3-4,7-8,11,13,18H,5-6,9-10,12H2,1-2H3. The van der Waals surface area contributed by atoms with Gasteiger partial charge in [-0.25, -0.2) is 4.98 Å². The molecule has 2 heterocycles. The van der Waals surface area contributed by atoms with Gasteiger partial charge < -0.3 is 10.2 Å². The van der Waals surface area contributed by atoms with Crippen molar-refractivity contribution in [1.29, 1.82) is 0 Å². The quantitative estimate of drug-likeness (QED) is 0.922. The highest BCUT2D eigenvalue weighted by Gasteiger charge is 2.15. The average molecular weight is 269 g/mol. The molecule has 0 atom stereocenters. The number of pyridine rings is 1. The predicted octanol–water partition coefficient (Wildman–Crippen LogP) is 3.33. The Kier molecular flexibility index (Phi) is 3.88. The van der Waals surface area contributed by atoms with Crippen LogP contribution in [-0.2, 0) is 6.54 Å². The summed E-state index contributed by atoms with van der Waals surface area (Å²) in [5.41, 5.74) is 2.46. The van der Waals surface area contributed by atoms with E-state index in [1.807, 2.05) is 0 Å². The van der Waals surface area contributed by atoms with Gasteiger partial charge in [0, 0.05) is 31.1 Å². The number of nitrogens with zero attached hydrogens (tertiary/aromatic N) is 2. The van der Waals surface area contributed by atoms with E-state index >= 15 is 0 Å². The predicted molar refractivity (Wildman–Crippen MR) is 85.2 cm³/mol. The van der Waals surface area contributed by atoms with Crippen molar-refractivity contribution in [3.8, 4) is 0 Å². The minimum Gasteiger partial charge on any atom is -0.357 e. The maximum Gasteiger partial charge on any atom is 0.129 e. The lowest BCUT2D eigenvalue weighted by Gasteiger charge is -2.19. The highest BCUT2D eigenvalue weighted by Crippen LogP contribution is 2.25. The molecule has 1 aromatic heterocycles. The van der Waals surface area contributed by atoms with Crippen LogP contribution in [0, 0.1) is 0 Å². The smallest absolute Gasteiger partial charge is 0.129 e. The molecule has 1 aliphatic rings. The third-order valence-corrected chi connectivity index (χ3v) is 3.92. The van der Waals surface area contributed by atoms with Crippen LogP contribution >= 0.6 is 0 Å². The van der Waals surface area contributed by atoms with Crippen LogP contribution in [0.2, 0.25) is 0 Å². The number of nitrogens with one attached hydrogen (secondary N) is 1. The zero-order valence-electron chi connectivity index (χ0n) is 12.4. The van der Waals surface area contributed by atoms with E-state index in [0.717, 1.165) is 31.0 Å². The fraction of sp³-hybridized carbons (Fsp3) is 0.471. The average Bonchev–Trinajstić information content (AvgIpc) is 2.98. The van der Waals surface area contributed by atoms with Gasteiger partial charge in [0.25, 0.3) is 0 Å². The van der Waals surface area contributed by atoms with Crippen LogP contribution in [0.5, 0.6) is 0 Å². The Bertz CT molecular complexity index is 586. The lowest BCUT2D eigenvalue weighted by Crippen LogP contribution is -2.23. The second-order valence-corrected chi connectivity index (χ2v) is 5.89. The second kappa shape index (κ2) is 5.80. The van der Waals surface area contributed by atoms with Crippen LogP contribution < -0.4 is 10.2 Å². The van der Waals surface area contributed by atoms with E-state index in [1.54, 1.807) is 0 Å². The first-order valence-electron chi connectivity index (χ1n) is 7.61. The van der Waals surface area contributed by atoms with Crippen molar-refractivity contribution in [2.45, 2.75) is 39.3 Å². The van der Waals surface area contributed by atoms with Crippen LogP contribution in [0.3, 0.4) is 0 Å². The van der Waals surface area contributed by atoms with Gasteiger partial charge in [-0.05, 0) is 30.5 Å². The largest absolute Gasteiger partial charge is 0.357 e. The van der Waals surface area contributed by atoms with Gasteiger partial charge in [0.05, 0.1) is 5.52 Å². The number of aromatic nitrogens is 1. The summed E-state index contributed by atoms with van der Waals surface area (Å²) in [5, 5.41) is 4.79. The molecule has 1 aliphatic heterocycles. The maximum absolute atomic E-state index is 4.84. The molecule has 1 N–H and O–H groups in total. The summed E-state index contributed by atoms with van der Waals surface area (Å²) in [4.78, 5) is 7.25. The number of benzene rings is 1. The Labute approximate surface area is 121 Å². The molecule has 0 amide bonds. The molecule has 0 radical (unpaired) electrons. The van der Waals surface area contributed by atoms with Crippen molar-refractivity contribution in [2.75, 3.05) is 18.0 Å². The SMILES string of the molecule is CC(C)NCc1cc(N2CCCC2)nc2ccccc12. The normalized spacial score (nSPS) is 15.4. The maximum atomic E-state index is 4.84. The monoisotopic (exact) mass is 269 g/mol. The molecule has 1 aromatic carbocycles. The van der Waals surface area contributed by atoms with E-state index in [4.69, 9.17) is 4.98 Å². The van der Waals surface area contributed by atoms with Gasteiger partial charge in [0.2, 0.25) is 0 Å². The summed E-state index contributed by atoms with van der Waals surface area (Å²) < 4.78 is 0. The van der Waals surface area contributed by atoms with E-state index in [0.29, 0.717) is 6.04 Å². The molecule has 2 aromatic rings. The van der Waals surface area contributed by atoms with Gasteiger partial charge in [0.1, 0.15) is 5.82 Å². The Morgan fingerprint density at radius 1 is 1.20 bits per heavy atom. The van der Waals surface area contributed by atoms with Gasteiger partial charge in [-0.1, -0.05) is 32.0 Å². The molecular weight excluding hydrogens is 246 g/mol. The molecule has 3 nitrogen and oxygen atoms in total. The van der Waals surface area contributed by atoms with Gasteiger partial charge in [-0.2, -0.15) is 0 Å². The Morgan fingerprint density at radius 2 is 1.95 bits per heavy atom. The van der Waals surface area contributed by atoms with Crippen molar-refractivity contribution in [2.24, 2.45) is 0 Å². The highest BCUT2D eigenvalue weighted by molar-refractivity contribution is 5.84. The van der Waals surface area contributed by atoms with E-state index in [2.05, 4.69) is 54.4 Å². The number of para-hydroxylation sites is 1. The third kappa shape index (κ3) is 2.78. The van der Waals surface area contributed by atoms with Gasteiger partial charge in [0.15, 0.2) is 0 Å². The summed E-state index contributed by atoms with van der Waals surface area (Å²) >= 11 is 0. The van der Waals surface area contributed by atoms with Crippen molar-refractivity contribution < 1.29 is 0 Å². The minimum absolute atomic E-state index is 0.497. The van der Waals surface area contributed by atoms with Crippen LogP contribution in [0.4, 0.5) is 5.82 Å². The molecule has 106 valence electrons. The highest BCUT2D eigenvalue weighted by atomic mass is 15.2. The molecule has 1 saturated heterocycles. The second-order valence-electron chi connectivity index (χ2n) is 5.89. The molecule has 0 bridgehead atoms. The molecule has 3 rings (SSSR count). The fourth-order valence-electron chi connectivity index (χ4n) is 2.80. The first kappa shape index (κ1) is 13.4. The lowest BCUT2D eigenvalue weighted by atomic mass is 10.1. The molecule has 0 spiro atoms. The van der Waals surface area contributed by atoms with Crippen molar-refractivity contribution in [3.63, 3.8) is 0 Å². The van der Waals surface area contributed by atoms with Crippen molar-refractivity contribution in [1.82, 2.24) is 10.3 Å². The summed E-state index contributed by atoms with van der Waals surface area (Å²) in [6.45, 7) is 7.56. The summed E-state index contributed by atoms with van der Waals surface area (Å²) in [6, 6.07) is 11.2. The number of hydrogen-bond donors (Lipinski definition) is 1. The first-order valence-corrected chi connectivity index (χ1v) is 7.61. The summed E-state index contributed by atoms with van der Waals surface area (Å²) in [5.74, 6) is 1.14. The Hall–Kier alpha value is -1.61. The molecule has 1 fully saturated rings. The number of anilines is 1. The van der Waals surface area contributed by atoms with Crippen molar-refractivity contribution >= 4 is 16.7 Å². The van der Waals surface area contributed by atoms with Crippen LogP contribution in [-0.4, -0.2) is 24.1 Å². The number of rotatable bonds is 4. The van der Waals surface area contributed by atoms with E-state index in [-0.39, 0.29) is 0 Å². The number of fused-ring (bicyclic) bond motifs is 1. The molecular formula is C17H23N3. The van der Waals surface area contributed by atoms with E-state index < -0.39 is 0 Å². The molecule has 3 heteroatoms. The van der Waals surface area contributed by atoms with Gasteiger partial charge >= 0.3 is 0 Å². The minimum atomic E-state index is 0.497. The summed E-state index contributed by atoms with van der Waals surface area (Å²) in [7, 11) is 0. The molecule has 0 aliphatic carbocycles. The number of hydrogen-bond acceptors (Lipinski definition) is 3. The first-order chi connectivity index (χ1) is 9.74. The van der Waals surface area contributed by atoms with Gasteiger partial charge in [-0.15, -0.1) is 0 Å². The zero-order valence-corrected chi connectivity index (χ0v) is 12.4. The zero-order chi connectivity index (χ0) is 13.9. The van der Waals surface area contributed by atoms with Crippen LogP contribution in [0.15, 0.2) is 30.3 Å². The van der Waals surface area contributed by atoms with Crippen molar-refractivity contribution in [3.05, 3.63) is 35.9 Å². The fourth-order valence-corrected chi connectivity index (χ4v) is 2.80. The molecule has 0 saturated carbocycles. The molecule has 0 unspecified atom stereocenters. The lowest BCUT2D eigenvalue weighted by molar-refractivity contribution is 0.590. The van der Waals surface area contributed by atoms with Gasteiger partial charge in [-0.3, -0.25) is 0 Å². The van der Waals surface area contributed by atoms with E-state index in [9.17, 15) is 0 Å². The van der Waals surface area contributed by atoms with E-state index in [1.165, 1.54) is 23.8 Å². The molecule has 20 heavy (non-hydrogen) atoms. The summed E-state index contributed by atoms with van der Waals surface area (Å²) in [6.07, 6.45) is 2.57. The Balaban J connectivity index is 2.00. The topological polar surface area (TPSA) is 28.2 Å². The third-order valence-electron chi connectivity index (χ3n) is 3.92.